The van der Waals surface area contributed by atoms with Gasteiger partial charge in [0, 0.05) is 0 Å². The molecule has 0 amide bonds. The van der Waals surface area contributed by atoms with E-state index < -0.39 is 45.9 Å². The lowest BCUT2D eigenvalue weighted by atomic mass is 10.0. The van der Waals surface area contributed by atoms with Gasteiger partial charge in [-0.05, 0) is 53.1 Å². The fourth-order valence-electron chi connectivity index (χ4n) is 3.04. The first-order valence-electron chi connectivity index (χ1n) is 9.26. The van der Waals surface area contributed by atoms with Crippen molar-refractivity contribution in [3.05, 3.63) is 94.3 Å². The molecular weight excluding hydrogens is 464 g/mol. The summed E-state index contributed by atoms with van der Waals surface area (Å²) in [6, 6.07) is 8.89. The van der Waals surface area contributed by atoms with Crippen LogP contribution in [0.5, 0.6) is 0 Å². The molecule has 1 heterocycles. The van der Waals surface area contributed by atoms with Crippen LogP contribution in [0.3, 0.4) is 0 Å². The Labute approximate surface area is 188 Å². The second kappa shape index (κ2) is 9.53. The van der Waals surface area contributed by atoms with Crippen LogP contribution in [0.15, 0.2) is 71.8 Å². The van der Waals surface area contributed by atoms with Gasteiger partial charge in [-0.2, -0.15) is 13.2 Å². The Morgan fingerprint density at radius 3 is 1.61 bits per heavy atom. The Kier molecular flexibility index (Phi) is 6.97. The van der Waals surface area contributed by atoms with Gasteiger partial charge in [0.1, 0.15) is 5.82 Å². The molecule has 172 valence electrons. The largest absolute Gasteiger partial charge is 0.465 e. The molecule has 33 heavy (non-hydrogen) atoms. The molecule has 0 saturated heterocycles. The number of hydrogen-bond acceptors (Lipinski definition) is 5. The lowest BCUT2D eigenvalue weighted by Crippen LogP contribution is -2.19. The Bertz CT molecular complexity index is 1190. The fourth-order valence-corrected chi connectivity index (χ4v) is 4.44. The van der Waals surface area contributed by atoms with E-state index >= 15 is 0 Å². The van der Waals surface area contributed by atoms with Crippen LogP contribution in [-0.2, 0) is 36.0 Å². The zero-order valence-corrected chi connectivity index (χ0v) is 18.1. The van der Waals surface area contributed by atoms with Gasteiger partial charge in [-0.3, -0.25) is 0 Å². The molecule has 1 atom stereocenters. The van der Waals surface area contributed by atoms with Crippen LogP contribution in [0.25, 0.3) is 9.81 Å². The van der Waals surface area contributed by atoms with Gasteiger partial charge in [0.05, 0.1) is 40.4 Å². The molecule has 0 spiro atoms. The summed E-state index contributed by atoms with van der Waals surface area (Å²) in [6.45, 7) is 0. The molecule has 3 rings (SSSR count). The normalized spacial score (nSPS) is 15.9. The minimum absolute atomic E-state index is 0.0254. The van der Waals surface area contributed by atoms with Crippen LogP contribution in [0.4, 0.5) is 17.6 Å². The molecule has 0 aromatic heterocycles. The summed E-state index contributed by atoms with van der Waals surface area (Å²) in [5.41, 5.74) is -0.939. The van der Waals surface area contributed by atoms with Crippen molar-refractivity contribution in [3.8, 4) is 0 Å². The van der Waals surface area contributed by atoms with E-state index in [-0.39, 0.29) is 20.9 Å². The molecular formula is C23H16F4O5S. The molecule has 2 aromatic rings. The lowest BCUT2D eigenvalue weighted by molar-refractivity contribution is -0.144. The number of benzene rings is 2. The van der Waals surface area contributed by atoms with Crippen molar-refractivity contribution < 1.29 is 40.8 Å². The van der Waals surface area contributed by atoms with Gasteiger partial charge in [0.15, 0.2) is 5.57 Å². The number of ether oxygens (including phenoxy) is 2. The van der Waals surface area contributed by atoms with Crippen molar-refractivity contribution in [1.82, 2.24) is 0 Å². The molecule has 10 heteroatoms. The number of carbonyl (C=O) groups excluding carboxylic acids is 2. The second-order valence-corrected chi connectivity index (χ2v) is 8.10. The van der Waals surface area contributed by atoms with Gasteiger partial charge >= 0.3 is 18.1 Å². The fraction of sp³-hybridized carbons (Fsp3) is 0.130. The predicted molar refractivity (Wildman–Crippen MR) is 113 cm³/mol. The number of alkyl halides is 3. The minimum atomic E-state index is -4.56. The lowest BCUT2D eigenvalue weighted by Gasteiger charge is -2.19. The van der Waals surface area contributed by atoms with Crippen LogP contribution >= 0.6 is 0 Å². The summed E-state index contributed by atoms with van der Waals surface area (Å²) in [6.07, 6.45) is -2.03. The summed E-state index contributed by atoms with van der Waals surface area (Å²) < 4.78 is 74.9. The molecule has 5 nitrogen and oxygen atoms in total. The number of rotatable bonds is 4. The maximum Gasteiger partial charge on any atom is 0.416 e. The van der Waals surface area contributed by atoms with E-state index in [1.165, 1.54) is 24.3 Å². The third-order valence-corrected chi connectivity index (χ3v) is 6.17. The monoisotopic (exact) mass is 480 g/mol. The average Bonchev–Trinajstić information content (AvgIpc) is 2.79. The molecule has 0 fully saturated rings. The predicted octanol–water partition coefficient (Wildman–Crippen LogP) is 4.63. The highest BCUT2D eigenvalue weighted by Gasteiger charge is 2.32. The molecule has 0 N–H and O–H groups in total. The second-order valence-electron chi connectivity index (χ2n) is 6.68. The van der Waals surface area contributed by atoms with E-state index in [9.17, 15) is 31.4 Å². The first-order chi connectivity index (χ1) is 15.6. The van der Waals surface area contributed by atoms with Crippen molar-refractivity contribution in [2.75, 3.05) is 14.2 Å². The molecule has 0 bridgehead atoms. The molecule has 1 aliphatic heterocycles. The molecule has 0 aliphatic carbocycles. The zero-order chi connectivity index (χ0) is 24.3. The maximum atomic E-state index is 13.4. The molecule has 0 saturated carbocycles. The summed E-state index contributed by atoms with van der Waals surface area (Å²) in [7, 11) is 0.167. The van der Waals surface area contributed by atoms with Crippen LogP contribution in [0.1, 0.15) is 16.7 Å². The molecule has 1 aliphatic rings. The molecule has 1 unspecified atom stereocenters. The Hall–Kier alpha value is -3.53. The van der Waals surface area contributed by atoms with E-state index in [1.54, 1.807) is 0 Å². The number of halogens is 4. The van der Waals surface area contributed by atoms with Crippen molar-refractivity contribution in [1.29, 1.82) is 0 Å². The Morgan fingerprint density at radius 2 is 1.21 bits per heavy atom. The Balaban J connectivity index is 2.25. The number of esters is 2. The van der Waals surface area contributed by atoms with Crippen molar-refractivity contribution in [2.45, 2.75) is 6.18 Å². The SMILES string of the molecule is COC(=O)C(C(=O)OC)=C1C=C(c2ccc(F)cc2)S(=O)C(c2ccc(C(F)(F)F)cc2)=C1. The topological polar surface area (TPSA) is 69.7 Å². The van der Waals surface area contributed by atoms with Crippen molar-refractivity contribution >= 4 is 32.5 Å². The van der Waals surface area contributed by atoms with E-state index in [0.717, 1.165) is 50.6 Å². The van der Waals surface area contributed by atoms with Crippen LogP contribution in [0, 0.1) is 5.82 Å². The van der Waals surface area contributed by atoms with Crippen molar-refractivity contribution in [2.24, 2.45) is 0 Å². The van der Waals surface area contributed by atoms with E-state index in [0.29, 0.717) is 5.56 Å². The van der Waals surface area contributed by atoms with Crippen molar-refractivity contribution in [3.63, 3.8) is 0 Å². The first kappa shape index (κ1) is 24.1. The highest BCUT2D eigenvalue weighted by Crippen LogP contribution is 2.38. The third-order valence-electron chi connectivity index (χ3n) is 4.67. The highest BCUT2D eigenvalue weighted by molar-refractivity contribution is 8.03. The number of hydrogen-bond donors (Lipinski definition) is 0. The van der Waals surface area contributed by atoms with Gasteiger partial charge in [-0.25, -0.2) is 18.2 Å². The van der Waals surface area contributed by atoms with Gasteiger partial charge in [0.2, 0.25) is 0 Å². The quantitative estimate of drug-likeness (QED) is 0.210. The number of allylic oxidation sites excluding steroid dienone is 3. The van der Waals surface area contributed by atoms with Crippen LogP contribution in [-0.4, -0.2) is 30.4 Å². The summed E-state index contributed by atoms with van der Waals surface area (Å²) in [4.78, 5) is 24.7. The number of carbonyl (C=O) groups is 2. The maximum absolute atomic E-state index is 13.4. The smallest absolute Gasteiger partial charge is 0.416 e. The van der Waals surface area contributed by atoms with Gasteiger partial charge in [-0.15, -0.1) is 0 Å². The highest BCUT2D eigenvalue weighted by atomic mass is 32.2. The molecule has 0 radical (unpaired) electrons. The van der Waals surface area contributed by atoms with Gasteiger partial charge in [0.25, 0.3) is 0 Å². The van der Waals surface area contributed by atoms with E-state index in [2.05, 4.69) is 9.47 Å². The van der Waals surface area contributed by atoms with Crippen LogP contribution in [0.2, 0.25) is 0 Å². The van der Waals surface area contributed by atoms with Gasteiger partial charge in [-0.1, -0.05) is 24.3 Å². The van der Waals surface area contributed by atoms with E-state index in [1.807, 2.05) is 0 Å². The first-order valence-corrected chi connectivity index (χ1v) is 10.4. The third kappa shape index (κ3) is 5.11. The van der Waals surface area contributed by atoms with Gasteiger partial charge < -0.3 is 9.47 Å². The summed E-state index contributed by atoms with van der Waals surface area (Å²) in [5, 5.41) is 0. The average molecular weight is 480 g/mol. The zero-order valence-electron chi connectivity index (χ0n) is 17.2. The summed E-state index contributed by atoms with van der Waals surface area (Å²) >= 11 is 0. The minimum Gasteiger partial charge on any atom is -0.465 e. The molecule has 2 aromatic carbocycles. The Morgan fingerprint density at radius 1 is 0.788 bits per heavy atom. The number of methoxy groups -OCH3 is 2. The van der Waals surface area contributed by atoms with E-state index in [4.69, 9.17) is 0 Å². The van der Waals surface area contributed by atoms with Crippen LogP contribution < -0.4 is 0 Å². The standard InChI is InChI=1S/C23H16F4O5S/c1-31-21(28)20(22(29)32-2)15-11-18(13-3-7-16(8-4-13)23(25,26)27)33(30)19(12-15)14-5-9-17(24)10-6-14/h3-12H,1-2H3. The summed E-state index contributed by atoms with van der Waals surface area (Å²) in [5.74, 6) is -2.59.